The van der Waals surface area contributed by atoms with Crippen LogP contribution in [-0.4, -0.2) is 24.9 Å². The van der Waals surface area contributed by atoms with Crippen molar-refractivity contribution in [3.05, 3.63) is 54.9 Å². The first kappa shape index (κ1) is 13.4. The van der Waals surface area contributed by atoms with Crippen LogP contribution >= 0.6 is 0 Å². The van der Waals surface area contributed by atoms with Crippen LogP contribution in [-0.2, 0) is 10.0 Å². The standard InChI is InChI=1S/C14H13N3O3S/c1-20-12-5-7-13(8-6-12)21(18,19)16-14-15-10-11-4-2-3-9-17(11)14/h2-10H,1H3,(H,15,16). The highest BCUT2D eigenvalue weighted by Crippen LogP contribution is 2.19. The first-order valence-corrected chi connectivity index (χ1v) is 7.67. The number of anilines is 1. The molecule has 3 aromatic rings. The molecule has 1 aromatic carbocycles. The van der Waals surface area contributed by atoms with Gasteiger partial charge in [0.15, 0.2) is 0 Å². The summed E-state index contributed by atoms with van der Waals surface area (Å²) in [5, 5.41) is 0. The van der Waals surface area contributed by atoms with Gasteiger partial charge in [0.05, 0.1) is 23.7 Å². The van der Waals surface area contributed by atoms with Gasteiger partial charge >= 0.3 is 0 Å². The highest BCUT2D eigenvalue weighted by atomic mass is 32.2. The minimum atomic E-state index is -3.69. The second-order valence-corrected chi connectivity index (χ2v) is 6.04. The van der Waals surface area contributed by atoms with Crippen LogP contribution in [0.5, 0.6) is 5.75 Å². The number of nitrogens with one attached hydrogen (secondary N) is 1. The van der Waals surface area contributed by atoms with Crippen molar-refractivity contribution in [3.8, 4) is 5.75 Å². The van der Waals surface area contributed by atoms with E-state index in [2.05, 4.69) is 9.71 Å². The Morgan fingerprint density at radius 2 is 1.90 bits per heavy atom. The van der Waals surface area contributed by atoms with E-state index in [1.807, 2.05) is 12.1 Å². The third-order valence-corrected chi connectivity index (χ3v) is 4.38. The summed E-state index contributed by atoms with van der Waals surface area (Å²) in [7, 11) is -2.16. The van der Waals surface area contributed by atoms with E-state index in [-0.39, 0.29) is 10.8 Å². The summed E-state index contributed by atoms with van der Waals surface area (Å²) in [5.41, 5.74) is 0.810. The average Bonchev–Trinajstić information content (AvgIpc) is 2.90. The van der Waals surface area contributed by atoms with Gasteiger partial charge in [0.2, 0.25) is 5.95 Å². The van der Waals surface area contributed by atoms with Gasteiger partial charge in [0.25, 0.3) is 10.0 Å². The van der Waals surface area contributed by atoms with Crippen molar-refractivity contribution < 1.29 is 13.2 Å². The van der Waals surface area contributed by atoms with Crippen LogP contribution in [0.3, 0.4) is 0 Å². The summed E-state index contributed by atoms with van der Waals surface area (Å²) < 4.78 is 33.8. The van der Waals surface area contributed by atoms with Crippen LogP contribution in [0.15, 0.2) is 59.8 Å². The summed E-state index contributed by atoms with van der Waals surface area (Å²) in [4.78, 5) is 4.24. The Labute approximate surface area is 122 Å². The van der Waals surface area contributed by atoms with Gasteiger partial charge in [-0.25, -0.2) is 18.1 Å². The smallest absolute Gasteiger partial charge is 0.264 e. The van der Waals surface area contributed by atoms with Gasteiger partial charge in [0, 0.05) is 6.20 Å². The summed E-state index contributed by atoms with van der Waals surface area (Å²) in [6.45, 7) is 0. The molecule has 7 heteroatoms. The number of sulfonamides is 1. The molecule has 0 amide bonds. The summed E-state index contributed by atoms with van der Waals surface area (Å²) >= 11 is 0. The maximum absolute atomic E-state index is 12.3. The minimum absolute atomic E-state index is 0.149. The van der Waals surface area contributed by atoms with E-state index >= 15 is 0 Å². The van der Waals surface area contributed by atoms with E-state index in [9.17, 15) is 8.42 Å². The van der Waals surface area contributed by atoms with Gasteiger partial charge < -0.3 is 4.74 Å². The molecule has 0 saturated carbocycles. The number of pyridine rings is 1. The molecule has 21 heavy (non-hydrogen) atoms. The van der Waals surface area contributed by atoms with Crippen molar-refractivity contribution in [2.75, 3.05) is 11.8 Å². The first-order chi connectivity index (χ1) is 10.1. The molecule has 0 fully saturated rings. The van der Waals surface area contributed by atoms with Crippen LogP contribution in [0.1, 0.15) is 0 Å². The van der Waals surface area contributed by atoms with E-state index in [1.54, 1.807) is 35.0 Å². The van der Waals surface area contributed by atoms with Crippen molar-refractivity contribution in [2.24, 2.45) is 0 Å². The molecule has 1 N–H and O–H groups in total. The fourth-order valence-corrected chi connectivity index (χ4v) is 2.96. The number of hydrogen-bond donors (Lipinski definition) is 1. The number of fused-ring (bicyclic) bond motifs is 1. The lowest BCUT2D eigenvalue weighted by Crippen LogP contribution is -2.15. The molecule has 0 saturated heterocycles. The molecule has 0 aliphatic carbocycles. The van der Waals surface area contributed by atoms with Crippen molar-refractivity contribution in [1.29, 1.82) is 0 Å². The number of aromatic nitrogens is 2. The van der Waals surface area contributed by atoms with Crippen LogP contribution in [0.2, 0.25) is 0 Å². The zero-order valence-corrected chi connectivity index (χ0v) is 12.0. The Morgan fingerprint density at radius 1 is 1.14 bits per heavy atom. The Bertz CT molecular complexity index is 870. The molecular formula is C14H13N3O3S. The topological polar surface area (TPSA) is 72.7 Å². The number of imidazole rings is 1. The fourth-order valence-electron chi connectivity index (χ4n) is 1.95. The van der Waals surface area contributed by atoms with Gasteiger partial charge in [0.1, 0.15) is 5.75 Å². The number of methoxy groups -OCH3 is 1. The molecule has 3 rings (SSSR count). The SMILES string of the molecule is COc1ccc(S(=O)(=O)Nc2ncc3ccccn23)cc1. The molecule has 6 nitrogen and oxygen atoms in total. The van der Waals surface area contributed by atoms with Crippen LogP contribution in [0, 0.1) is 0 Å². The lowest BCUT2D eigenvalue weighted by atomic mass is 10.3. The van der Waals surface area contributed by atoms with Crippen molar-refractivity contribution in [3.63, 3.8) is 0 Å². The molecule has 0 radical (unpaired) electrons. The molecular weight excluding hydrogens is 290 g/mol. The van der Waals surface area contributed by atoms with Gasteiger partial charge in [-0.15, -0.1) is 0 Å². The van der Waals surface area contributed by atoms with E-state index in [4.69, 9.17) is 4.74 Å². The van der Waals surface area contributed by atoms with Crippen LogP contribution in [0.4, 0.5) is 5.95 Å². The maximum atomic E-state index is 12.3. The second kappa shape index (κ2) is 5.10. The molecule has 0 spiro atoms. The summed E-state index contributed by atoms with van der Waals surface area (Å²) in [6, 6.07) is 11.7. The number of nitrogens with zero attached hydrogens (tertiary/aromatic N) is 2. The van der Waals surface area contributed by atoms with Crippen molar-refractivity contribution >= 4 is 21.5 Å². The summed E-state index contributed by atoms with van der Waals surface area (Å²) in [5.74, 6) is 0.849. The van der Waals surface area contributed by atoms with Crippen LogP contribution < -0.4 is 9.46 Å². The maximum Gasteiger partial charge on any atom is 0.264 e. The predicted molar refractivity (Wildman–Crippen MR) is 79.0 cm³/mol. The first-order valence-electron chi connectivity index (χ1n) is 6.19. The zero-order valence-electron chi connectivity index (χ0n) is 11.2. The molecule has 0 atom stereocenters. The Morgan fingerprint density at radius 3 is 2.62 bits per heavy atom. The highest BCUT2D eigenvalue weighted by Gasteiger charge is 2.16. The summed E-state index contributed by atoms with van der Waals surface area (Å²) in [6.07, 6.45) is 3.35. The Balaban J connectivity index is 1.95. The van der Waals surface area contributed by atoms with Gasteiger partial charge in [-0.3, -0.25) is 4.40 Å². The van der Waals surface area contributed by atoms with E-state index in [1.165, 1.54) is 19.2 Å². The normalized spacial score (nSPS) is 11.5. The van der Waals surface area contributed by atoms with E-state index in [0.29, 0.717) is 5.75 Å². The quantitative estimate of drug-likeness (QED) is 0.801. The van der Waals surface area contributed by atoms with Crippen molar-refractivity contribution in [1.82, 2.24) is 9.38 Å². The Hall–Kier alpha value is -2.54. The highest BCUT2D eigenvalue weighted by molar-refractivity contribution is 7.92. The lowest BCUT2D eigenvalue weighted by Gasteiger charge is -2.07. The molecule has 2 aromatic heterocycles. The van der Waals surface area contributed by atoms with Gasteiger partial charge in [-0.05, 0) is 36.4 Å². The third-order valence-electron chi connectivity index (χ3n) is 3.03. The fraction of sp³-hybridized carbons (Fsp3) is 0.0714. The van der Waals surface area contributed by atoms with Crippen molar-refractivity contribution in [2.45, 2.75) is 4.90 Å². The molecule has 0 aliphatic rings. The average molecular weight is 303 g/mol. The molecule has 0 bridgehead atoms. The van der Waals surface area contributed by atoms with E-state index in [0.717, 1.165) is 5.52 Å². The predicted octanol–water partition coefficient (Wildman–Crippen LogP) is 2.14. The molecule has 108 valence electrons. The number of benzene rings is 1. The largest absolute Gasteiger partial charge is 0.497 e. The number of ether oxygens (including phenoxy) is 1. The van der Waals surface area contributed by atoms with E-state index < -0.39 is 10.0 Å². The second-order valence-electron chi connectivity index (χ2n) is 4.36. The zero-order chi connectivity index (χ0) is 14.9. The lowest BCUT2D eigenvalue weighted by molar-refractivity contribution is 0.414. The van der Waals surface area contributed by atoms with Gasteiger partial charge in [-0.1, -0.05) is 6.07 Å². The third kappa shape index (κ3) is 2.55. The minimum Gasteiger partial charge on any atom is -0.497 e. The van der Waals surface area contributed by atoms with Gasteiger partial charge in [-0.2, -0.15) is 0 Å². The molecule has 2 heterocycles. The molecule has 0 unspecified atom stereocenters. The monoisotopic (exact) mass is 303 g/mol. The number of rotatable bonds is 4. The molecule has 0 aliphatic heterocycles. The Kier molecular flexibility index (Phi) is 3.26. The number of hydrogen-bond acceptors (Lipinski definition) is 4. The van der Waals surface area contributed by atoms with Crippen LogP contribution in [0.25, 0.3) is 5.52 Å².